The molecule has 0 aliphatic carbocycles. The fourth-order valence-corrected chi connectivity index (χ4v) is 2.73. The quantitative estimate of drug-likeness (QED) is 0.702. The minimum atomic E-state index is -0.330. The van der Waals surface area contributed by atoms with Gasteiger partial charge in [-0.05, 0) is 52.4 Å². The van der Waals surface area contributed by atoms with Crippen LogP contribution in [0.2, 0.25) is 10.0 Å². The Kier molecular flexibility index (Phi) is 5.58. The highest BCUT2D eigenvalue weighted by Gasteiger charge is 2.12. The lowest BCUT2D eigenvalue weighted by Crippen LogP contribution is -2.34. The van der Waals surface area contributed by atoms with Crippen molar-refractivity contribution in [3.63, 3.8) is 0 Å². The van der Waals surface area contributed by atoms with Crippen molar-refractivity contribution in [2.24, 2.45) is 0 Å². The maximum atomic E-state index is 12.1. The normalized spacial score (nSPS) is 10.0. The standard InChI is InChI=1S/C14H9BrCl2N2OS/c15-9-5-2-1-4-8(9)13(20)19-14(21)18-12-10(16)6-3-7-11(12)17/h1-7H,(H2,18,19,20,21). The summed E-state index contributed by atoms with van der Waals surface area (Å²) in [5.74, 6) is -0.330. The van der Waals surface area contributed by atoms with E-state index in [9.17, 15) is 4.79 Å². The lowest BCUT2D eigenvalue weighted by molar-refractivity contribution is 0.0977. The molecule has 0 saturated carbocycles. The van der Waals surface area contributed by atoms with E-state index < -0.39 is 0 Å². The van der Waals surface area contributed by atoms with Crippen molar-refractivity contribution in [1.29, 1.82) is 0 Å². The van der Waals surface area contributed by atoms with E-state index in [-0.39, 0.29) is 11.0 Å². The molecule has 0 aromatic heterocycles. The first-order valence-electron chi connectivity index (χ1n) is 5.80. The van der Waals surface area contributed by atoms with Crippen molar-refractivity contribution in [3.05, 3.63) is 62.5 Å². The molecule has 3 nitrogen and oxygen atoms in total. The van der Waals surface area contributed by atoms with Crippen molar-refractivity contribution in [2.45, 2.75) is 0 Å². The summed E-state index contributed by atoms with van der Waals surface area (Å²) in [5.41, 5.74) is 0.935. The van der Waals surface area contributed by atoms with Crippen molar-refractivity contribution >= 4 is 68.1 Å². The van der Waals surface area contributed by atoms with Crippen LogP contribution in [0.1, 0.15) is 10.4 Å². The number of hydrogen-bond acceptors (Lipinski definition) is 2. The number of benzene rings is 2. The van der Waals surface area contributed by atoms with Gasteiger partial charge in [0, 0.05) is 4.47 Å². The van der Waals surface area contributed by atoms with Crippen molar-refractivity contribution in [1.82, 2.24) is 5.32 Å². The highest BCUT2D eigenvalue weighted by molar-refractivity contribution is 9.10. The van der Waals surface area contributed by atoms with E-state index in [1.807, 2.05) is 6.07 Å². The van der Waals surface area contributed by atoms with Gasteiger partial charge in [0.05, 0.1) is 21.3 Å². The maximum absolute atomic E-state index is 12.1. The van der Waals surface area contributed by atoms with Gasteiger partial charge in [-0.1, -0.05) is 41.4 Å². The Balaban J connectivity index is 2.09. The number of carbonyl (C=O) groups excluding carboxylic acids is 1. The Labute approximate surface area is 145 Å². The summed E-state index contributed by atoms with van der Waals surface area (Å²) in [4.78, 5) is 12.1. The van der Waals surface area contributed by atoms with Gasteiger partial charge in [-0.2, -0.15) is 0 Å². The average Bonchev–Trinajstić information content (AvgIpc) is 2.43. The zero-order valence-electron chi connectivity index (χ0n) is 10.5. The van der Waals surface area contributed by atoms with Gasteiger partial charge in [-0.3, -0.25) is 10.1 Å². The van der Waals surface area contributed by atoms with Crippen LogP contribution in [0.25, 0.3) is 0 Å². The Morgan fingerprint density at radius 1 is 1.05 bits per heavy atom. The second-order valence-corrected chi connectivity index (χ2v) is 6.06. The van der Waals surface area contributed by atoms with Crippen LogP contribution < -0.4 is 10.6 Å². The largest absolute Gasteiger partial charge is 0.330 e. The molecule has 0 spiro atoms. The first-order chi connectivity index (χ1) is 9.99. The molecule has 0 saturated heterocycles. The predicted molar refractivity (Wildman–Crippen MR) is 94.3 cm³/mol. The van der Waals surface area contributed by atoms with Crippen LogP contribution in [0.5, 0.6) is 0 Å². The molecule has 2 rings (SSSR count). The molecule has 0 atom stereocenters. The fourth-order valence-electron chi connectivity index (χ4n) is 1.58. The summed E-state index contributed by atoms with van der Waals surface area (Å²) < 4.78 is 0.682. The lowest BCUT2D eigenvalue weighted by atomic mass is 10.2. The predicted octanol–water partition coefficient (Wildman–Crippen LogP) is 4.88. The van der Waals surface area contributed by atoms with Gasteiger partial charge in [0.25, 0.3) is 5.91 Å². The molecular formula is C14H9BrCl2N2OS. The number of nitrogens with one attached hydrogen (secondary N) is 2. The topological polar surface area (TPSA) is 41.1 Å². The summed E-state index contributed by atoms with van der Waals surface area (Å²) >= 11 is 20.5. The van der Waals surface area contributed by atoms with Gasteiger partial charge >= 0.3 is 0 Å². The van der Waals surface area contributed by atoms with Gasteiger partial charge < -0.3 is 5.32 Å². The second-order valence-electron chi connectivity index (χ2n) is 3.98. The number of thiocarbonyl (C=S) groups is 1. The van der Waals surface area contributed by atoms with E-state index >= 15 is 0 Å². The molecule has 108 valence electrons. The monoisotopic (exact) mass is 402 g/mol. The molecule has 0 aliphatic rings. The smallest absolute Gasteiger partial charge is 0.258 e. The summed E-state index contributed by atoms with van der Waals surface area (Å²) in [6.07, 6.45) is 0. The molecule has 0 heterocycles. The van der Waals surface area contributed by atoms with Gasteiger partial charge in [-0.15, -0.1) is 0 Å². The molecule has 21 heavy (non-hydrogen) atoms. The Hall–Kier alpha value is -1.14. The van der Waals surface area contributed by atoms with Crippen molar-refractivity contribution in [2.75, 3.05) is 5.32 Å². The SMILES string of the molecule is O=C(NC(=S)Nc1c(Cl)cccc1Cl)c1ccccc1Br. The van der Waals surface area contributed by atoms with E-state index in [0.717, 1.165) is 0 Å². The van der Waals surface area contributed by atoms with Gasteiger partial charge in [0.1, 0.15) is 0 Å². The van der Waals surface area contributed by atoms with E-state index in [1.165, 1.54) is 0 Å². The molecular weight excluding hydrogens is 395 g/mol. The van der Waals surface area contributed by atoms with Crippen LogP contribution in [-0.2, 0) is 0 Å². The minimum Gasteiger partial charge on any atom is -0.330 e. The molecule has 2 aromatic rings. The van der Waals surface area contributed by atoms with Gasteiger partial charge in [0.15, 0.2) is 5.11 Å². The number of carbonyl (C=O) groups is 1. The molecule has 0 aliphatic heterocycles. The minimum absolute atomic E-state index is 0.116. The number of rotatable bonds is 2. The molecule has 0 bridgehead atoms. The first-order valence-corrected chi connectivity index (χ1v) is 7.75. The Bertz CT molecular complexity index is 689. The summed E-state index contributed by atoms with van der Waals surface area (Å²) in [6.45, 7) is 0. The van der Waals surface area contributed by atoms with E-state index in [2.05, 4.69) is 26.6 Å². The van der Waals surface area contributed by atoms with Crippen LogP contribution in [0.4, 0.5) is 5.69 Å². The molecule has 1 amide bonds. The molecule has 0 radical (unpaired) electrons. The van der Waals surface area contributed by atoms with Crippen LogP contribution in [0.15, 0.2) is 46.9 Å². The van der Waals surface area contributed by atoms with Crippen LogP contribution in [0.3, 0.4) is 0 Å². The van der Waals surface area contributed by atoms with Crippen LogP contribution in [-0.4, -0.2) is 11.0 Å². The number of halogens is 3. The van der Waals surface area contributed by atoms with E-state index in [0.29, 0.717) is 25.8 Å². The summed E-state index contributed by atoms with van der Waals surface area (Å²) in [7, 11) is 0. The van der Waals surface area contributed by atoms with E-state index in [4.69, 9.17) is 35.4 Å². The summed E-state index contributed by atoms with van der Waals surface area (Å²) in [5, 5.41) is 6.34. The fraction of sp³-hybridized carbons (Fsp3) is 0. The Morgan fingerprint density at radius 3 is 2.29 bits per heavy atom. The second kappa shape index (κ2) is 7.22. The number of para-hydroxylation sites is 1. The number of anilines is 1. The van der Waals surface area contributed by atoms with Gasteiger partial charge in [-0.25, -0.2) is 0 Å². The van der Waals surface area contributed by atoms with Crippen molar-refractivity contribution < 1.29 is 4.79 Å². The molecule has 2 aromatic carbocycles. The third kappa shape index (κ3) is 4.17. The van der Waals surface area contributed by atoms with Crippen LogP contribution >= 0.6 is 51.3 Å². The van der Waals surface area contributed by atoms with Crippen LogP contribution in [0, 0.1) is 0 Å². The molecule has 7 heteroatoms. The van der Waals surface area contributed by atoms with Crippen molar-refractivity contribution in [3.8, 4) is 0 Å². The molecule has 2 N–H and O–H groups in total. The highest BCUT2D eigenvalue weighted by Crippen LogP contribution is 2.29. The zero-order valence-corrected chi connectivity index (χ0v) is 14.4. The van der Waals surface area contributed by atoms with Gasteiger partial charge in [0.2, 0.25) is 0 Å². The molecule has 0 fully saturated rings. The Morgan fingerprint density at radius 2 is 1.67 bits per heavy atom. The average molecular weight is 404 g/mol. The van der Waals surface area contributed by atoms with E-state index in [1.54, 1.807) is 36.4 Å². The third-order valence-corrected chi connectivity index (χ3v) is 4.07. The molecule has 0 unspecified atom stereocenters. The zero-order chi connectivity index (χ0) is 15.4. The lowest BCUT2D eigenvalue weighted by Gasteiger charge is -2.12. The number of amides is 1. The third-order valence-electron chi connectivity index (χ3n) is 2.55. The highest BCUT2D eigenvalue weighted by atomic mass is 79.9. The first kappa shape index (κ1) is 16.2. The summed E-state index contributed by atoms with van der Waals surface area (Å²) in [6, 6.07) is 12.1. The number of hydrogen-bond donors (Lipinski definition) is 2. The maximum Gasteiger partial charge on any atom is 0.258 e.